The molecule has 0 radical (unpaired) electrons. The minimum atomic E-state index is -0.630. The van der Waals surface area contributed by atoms with E-state index < -0.39 is 5.41 Å². The van der Waals surface area contributed by atoms with Crippen LogP contribution in [-0.2, 0) is 18.3 Å². The third-order valence-electron chi connectivity index (χ3n) is 8.37. The quantitative estimate of drug-likeness (QED) is 0.210. The molecule has 1 aliphatic carbocycles. The number of hydrogen-bond donors (Lipinski definition) is 0. The summed E-state index contributed by atoms with van der Waals surface area (Å²) in [7, 11) is 0. The molecule has 8 bridgehead atoms. The molecule has 0 atom stereocenters. The van der Waals surface area contributed by atoms with Crippen LogP contribution in [-0.4, -0.2) is 9.97 Å². The summed E-state index contributed by atoms with van der Waals surface area (Å²) in [6.07, 6.45) is 1.96. The molecule has 39 heavy (non-hydrogen) atoms. The second kappa shape index (κ2) is 8.61. The van der Waals surface area contributed by atoms with Crippen LogP contribution in [0.15, 0.2) is 133 Å². The largest absolute Gasteiger partial charge is 0.251 e. The first-order chi connectivity index (χ1) is 19.3. The summed E-state index contributed by atoms with van der Waals surface area (Å²) in [5.41, 5.74) is 13.2. The maximum Gasteiger partial charge on any atom is 0.106 e. The summed E-state index contributed by atoms with van der Waals surface area (Å²) in [6.45, 7) is 0. The van der Waals surface area contributed by atoms with Crippen LogP contribution in [0.4, 0.5) is 0 Å². The van der Waals surface area contributed by atoms with Gasteiger partial charge in [-0.05, 0) is 82.6 Å². The van der Waals surface area contributed by atoms with Gasteiger partial charge in [-0.3, -0.25) is 9.97 Å². The number of pyridine rings is 2. The van der Waals surface area contributed by atoms with E-state index in [1.165, 1.54) is 33.4 Å². The van der Waals surface area contributed by atoms with Gasteiger partial charge in [0.15, 0.2) is 0 Å². The molecule has 8 rings (SSSR count). The van der Waals surface area contributed by atoms with Crippen LogP contribution in [0.2, 0.25) is 0 Å². The standard InChI is InChI=1S/C37H26N2/c1-3-15-31-29(13-1)30-14-2-4-16-32(30)37(31)35-19-7-17-33(38-35)27-11-5-9-25(23-27)21-22-26-10-6-12-28(24-26)34-18-8-20-36(37)39-34/h1-20,23-24H,21-22H2. The normalized spacial score (nSPS) is 14.2. The lowest BCUT2D eigenvalue weighted by Crippen LogP contribution is -2.31. The Hall–Kier alpha value is -4.82. The Morgan fingerprint density at radius 2 is 0.897 bits per heavy atom. The third-order valence-corrected chi connectivity index (χ3v) is 8.37. The smallest absolute Gasteiger partial charge is 0.106 e. The molecular formula is C37H26N2. The zero-order valence-electron chi connectivity index (χ0n) is 21.5. The van der Waals surface area contributed by atoms with Crippen molar-refractivity contribution in [1.29, 1.82) is 0 Å². The summed E-state index contributed by atoms with van der Waals surface area (Å²) in [5, 5.41) is 0. The van der Waals surface area contributed by atoms with Crippen molar-refractivity contribution in [3.8, 4) is 33.6 Å². The predicted molar refractivity (Wildman–Crippen MR) is 158 cm³/mol. The Bertz CT molecular complexity index is 1740. The number of hydrogen-bond acceptors (Lipinski definition) is 2. The van der Waals surface area contributed by atoms with Crippen molar-refractivity contribution in [3.63, 3.8) is 0 Å². The van der Waals surface area contributed by atoms with Gasteiger partial charge in [0.2, 0.25) is 0 Å². The minimum Gasteiger partial charge on any atom is -0.251 e. The summed E-state index contributed by atoms with van der Waals surface area (Å²) >= 11 is 0. The Morgan fingerprint density at radius 3 is 1.41 bits per heavy atom. The lowest BCUT2D eigenvalue weighted by Gasteiger charge is -2.32. The van der Waals surface area contributed by atoms with E-state index >= 15 is 0 Å². The zero-order chi connectivity index (χ0) is 25.8. The fourth-order valence-corrected chi connectivity index (χ4v) is 6.59. The number of benzene rings is 4. The van der Waals surface area contributed by atoms with Crippen LogP contribution < -0.4 is 0 Å². The molecule has 2 aliphatic rings. The van der Waals surface area contributed by atoms with Crippen LogP contribution in [0.5, 0.6) is 0 Å². The lowest BCUT2D eigenvalue weighted by atomic mass is 9.72. The van der Waals surface area contributed by atoms with Gasteiger partial charge < -0.3 is 0 Å². The summed E-state index contributed by atoms with van der Waals surface area (Å²) in [5.74, 6) is 0. The molecule has 0 N–H and O–H groups in total. The molecular weight excluding hydrogens is 472 g/mol. The van der Waals surface area contributed by atoms with Gasteiger partial charge in [0, 0.05) is 11.1 Å². The maximum atomic E-state index is 5.43. The van der Waals surface area contributed by atoms with E-state index in [4.69, 9.17) is 9.97 Å². The summed E-state index contributed by atoms with van der Waals surface area (Å²) < 4.78 is 0. The van der Waals surface area contributed by atoms with Gasteiger partial charge in [-0.1, -0.05) is 97.1 Å². The molecule has 0 fully saturated rings. The number of aromatic nitrogens is 2. The lowest BCUT2D eigenvalue weighted by molar-refractivity contribution is 0.708. The average molecular weight is 499 g/mol. The molecule has 3 heterocycles. The van der Waals surface area contributed by atoms with E-state index in [0.29, 0.717) is 0 Å². The van der Waals surface area contributed by atoms with Gasteiger partial charge in [-0.2, -0.15) is 0 Å². The van der Waals surface area contributed by atoms with Crippen molar-refractivity contribution in [3.05, 3.63) is 167 Å². The second-order valence-corrected chi connectivity index (χ2v) is 10.6. The molecule has 184 valence electrons. The van der Waals surface area contributed by atoms with Crippen LogP contribution in [0, 0.1) is 0 Å². The van der Waals surface area contributed by atoms with Gasteiger partial charge in [-0.15, -0.1) is 0 Å². The Balaban J connectivity index is 1.51. The molecule has 0 unspecified atom stereocenters. The number of aryl methyl sites for hydroxylation is 2. The molecule has 0 amide bonds. The fraction of sp³-hybridized carbons (Fsp3) is 0.0811. The summed E-state index contributed by atoms with van der Waals surface area (Å²) in [4.78, 5) is 10.9. The molecule has 1 aliphatic heterocycles. The monoisotopic (exact) mass is 498 g/mol. The van der Waals surface area contributed by atoms with Crippen molar-refractivity contribution in [2.75, 3.05) is 0 Å². The van der Waals surface area contributed by atoms with E-state index in [1.807, 2.05) is 0 Å². The molecule has 2 aromatic heterocycles. The van der Waals surface area contributed by atoms with Crippen LogP contribution >= 0.6 is 0 Å². The highest BCUT2D eigenvalue weighted by Gasteiger charge is 2.48. The highest BCUT2D eigenvalue weighted by Crippen LogP contribution is 2.55. The van der Waals surface area contributed by atoms with Gasteiger partial charge >= 0.3 is 0 Å². The second-order valence-electron chi connectivity index (χ2n) is 10.6. The third kappa shape index (κ3) is 3.35. The minimum absolute atomic E-state index is 0.630. The Labute approximate surface area is 228 Å². The number of fused-ring (bicyclic) bond motifs is 17. The first-order valence-corrected chi connectivity index (χ1v) is 13.6. The van der Waals surface area contributed by atoms with Crippen LogP contribution in [0.1, 0.15) is 33.6 Å². The molecule has 0 saturated carbocycles. The van der Waals surface area contributed by atoms with Crippen molar-refractivity contribution in [2.24, 2.45) is 0 Å². The number of rotatable bonds is 0. The van der Waals surface area contributed by atoms with Crippen molar-refractivity contribution in [2.45, 2.75) is 18.3 Å². The van der Waals surface area contributed by atoms with Gasteiger partial charge in [0.25, 0.3) is 0 Å². The predicted octanol–water partition coefficient (Wildman–Crippen LogP) is 8.27. The molecule has 6 aromatic rings. The highest BCUT2D eigenvalue weighted by atomic mass is 14.8. The van der Waals surface area contributed by atoms with Gasteiger partial charge in [-0.25, -0.2) is 0 Å². The highest BCUT2D eigenvalue weighted by molar-refractivity contribution is 5.85. The average Bonchev–Trinajstić information content (AvgIpc) is 3.31. The fourth-order valence-electron chi connectivity index (χ4n) is 6.59. The van der Waals surface area contributed by atoms with Gasteiger partial charge in [0.05, 0.1) is 22.8 Å². The maximum absolute atomic E-state index is 5.43. The van der Waals surface area contributed by atoms with E-state index in [2.05, 4.69) is 133 Å². The Morgan fingerprint density at radius 1 is 0.436 bits per heavy atom. The van der Waals surface area contributed by atoms with E-state index in [9.17, 15) is 0 Å². The molecule has 4 aromatic carbocycles. The van der Waals surface area contributed by atoms with Gasteiger partial charge in [0.1, 0.15) is 5.41 Å². The van der Waals surface area contributed by atoms with E-state index in [-0.39, 0.29) is 0 Å². The molecule has 1 spiro atoms. The molecule has 2 heteroatoms. The zero-order valence-corrected chi connectivity index (χ0v) is 21.5. The molecule has 0 saturated heterocycles. The van der Waals surface area contributed by atoms with Crippen molar-refractivity contribution >= 4 is 0 Å². The van der Waals surface area contributed by atoms with Crippen molar-refractivity contribution in [1.82, 2.24) is 9.97 Å². The van der Waals surface area contributed by atoms with E-state index in [1.54, 1.807) is 0 Å². The Kier molecular flexibility index (Phi) is 4.90. The van der Waals surface area contributed by atoms with Crippen LogP contribution in [0.25, 0.3) is 33.6 Å². The first kappa shape index (κ1) is 22.2. The number of nitrogens with zero attached hydrogens (tertiary/aromatic N) is 2. The SMILES string of the molecule is c1cc2cc(c1)-c1cccc(n1)C1(c3cccc(n3)-c3cccc(c3)CC2)c2ccccc2-c2ccccc21. The van der Waals surface area contributed by atoms with Crippen molar-refractivity contribution < 1.29 is 0 Å². The topological polar surface area (TPSA) is 25.8 Å². The van der Waals surface area contributed by atoms with E-state index in [0.717, 1.165) is 46.7 Å². The summed E-state index contributed by atoms with van der Waals surface area (Å²) in [6, 6.07) is 48.2. The molecule has 2 nitrogen and oxygen atoms in total. The van der Waals surface area contributed by atoms with Crippen LogP contribution in [0.3, 0.4) is 0 Å². The first-order valence-electron chi connectivity index (χ1n) is 13.6.